The summed E-state index contributed by atoms with van der Waals surface area (Å²) in [6, 6.07) is 0. The third kappa shape index (κ3) is 10.0. The molecule has 0 N–H and O–H groups in total. The summed E-state index contributed by atoms with van der Waals surface area (Å²) in [6.45, 7) is 13.9. The van der Waals surface area contributed by atoms with Crippen molar-refractivity contribution in [2.75, 3.05) is 59.6 Å². The normalized spacial score (nSPS) is 11.6. The Morgan fingerprint density at radius 3 is 1.39 bits per heavy atom. The van der Waals surface area contributed by atoms with Crippen LogP contribution < -0.4 is 0 Å². The summed E-state index contributed by atoms with van der Waals surface area (Å²) in [4.78, 5) is 40.4. The van der Waals surface area contributed by atoms with Gasteiger partial charge in [0.2, 0.25) is 0 Å². The summed E-state index contributed by atoms with van der Waals surface area (Å²) < 4.78 is 15.3. The Labute approximate surface area is 169 Å². The fourth-order valence-corrected chi connectivity index (χ4v) is 2.61. The lowest BCUT2D eigenvalue weighted by atomic mass is 9.93. The summed E-state index contributed by atoms with van der Waals surface area (Å²) in [5.74, 6) is -1.37. The number of methoxy groups -OCH3 is 1. The van der Waals surface area contributed by atoms with Crippen LogP contribution in [0.5, 0.6) is 0 Å². The van der Waals surface area contributed by atoms with Gasteiger partial charge in [-0.3, -0.25) is 14.4 Å². The number of rotatable bonds is 15. The number of ether oxygens (including phenoxy) is 3. The molecule has 0 unspecified atom stereocenters. The first kappa shape index (κ1) is 26.3. The maximum Gasteiger partial charge on any atom is 0.318 e. The quantitative estimate of drug-likeness (QED) is 0.302. The maximum atomic E-state index is 12.2. The van der Waals surface area contributed by atoms with Gasteiger partial charge in [-0.05, 0) is 33.1 Å². The van der Waals surface area contributed by atoms with Crippen molar-refractivity contribution in [1.82, 2.24) is 9.80 Å². The minimum Gasteiger partial charge on any atom is -0.468 e. The molecule has 28 heavy (non-hydrogen) atoms. The van der Waals surface area contributed by atoms with E-state index in [4.69, 9.17) is 14.2 Å². The number of hydrogen-bond acceptors (Lipinski definition) is 8. The third-order valence-electron chi connectivity index (χ3n) is 4.83. The summed E-state index contributed by atoms with van der Waals surface area (Å²) >= 11 is 0. The van der Waals surface area contributed by atoms with Crippen LogP contribution in [0.25, 0.3) is 0 Å². The molecular formula is C20H38N2O6. The Kier molecular flexibility index (Phi) is 13.5. The second-order valence-corrected chi connectivity index (χ2v) is 6.93. The number of esters is 3. The summed E-state index contributed by atoms with van der Waals surface area (Å²) in [6.07, 6.45) is 0.477. The lowest BCUT2D eigenvalue weighted by molar-refractivity contribution is -0.168. The van der Waals surface area contributed by atoms with Gasteiger partial charge < -0.3 is 24.0 Å². The van der Waals surface area contributed by atoms with Gasteiger partial charge in [-0.1, -0.05) is 27.7 Å². The molecular weight excluding hydrogens is 364 g/mol. The monoisotopic (exact) mass is 402 g/mol. The van der Waals surface area contributed by atoms with Crippen molar-refractivity contribution in [1.29, 1.82) is 0 Å². The molecule has 0 aliphatic carbocycles. The third-order valence-corrected chi connectivity index (χ3v) is 4.83. The molecule has 0 saturated heterocycles. The van der Waals surface area contributed by atoms with Crippen LogP contribution in [0, 0.1) is 5.41 Å². The first-order valence-corrected chi connectivity index (χ1v) is 10.1. The Morgan fingerprint density at radius 2 is 1.11 bits per heavy atom. The summed E-state index contributed by atoms with van der Waals surface area (Å²) in [5.41, 5.74) is -1.23. The minimum absolute atomic E-state index is 0.194. The van der Waals surface area contributed by atoms with Crippen LogP contribution in [0.1, 0.15) is 47.5 Å². The van der Waals surface area contributed by atoms with E-state index in [1.807, 2.05) is 27.7 Å². The Morgan fingerprint density at radius 1 is 0.750 bits per heavy atom. The van der Waals surface area contributed by atoms with Crippen molar-refractivity contribution in [2.45, 2.75) is 47.5 Å². The Bertz CT molecular complexity index is 443. The first-order chi connectivity index (χ1) is 13.3. The highest BCUT2D eigenvalue weighted by Gasteiger charge is 2.38. The van der Waals surface area contributed by atoms with Crippen LogP contribution in [-0.4, -0.2) is 87.3 Å². The van der Waals surface area contributed by atoms with Crippen molar-refractivity contribution in [3.8, 4) is 0 Å². The molecule has 0 heterocycles. The predicted molar refractivity (Wildman–Crippen MR) is 107 cm³/mol. The molecule has 0 aliphatic rings. The highest BCUT2D eigenvalue weighted by atomic mass is 16.6. The highest BCUT2D eigenvalue weighted by molar-refractivity contribution is 5.78. The largest absolute Gasteiger partial charge is 0.468 e. The number of hydrogen-bond donors (Lipinski definition) is 0. The molecule has 0 atom stereocenters. The zero-order chi connectivity index (χ0) is 21.6. The van der Waals surface area contributed by atoms with Crippen LogP contribution in [-0.2, 0) is 28.6 Å². The standard InChI is InChI=1S/C20H38N2O6/c1-7-21(8-2)13-11-17(23)27-15-20(5,19(25)26-6)16-28-18(24)12-14-22(9-3)10-4/h7-16H2,1-6H3. The SMILES string of the molecule is CCN(CC)CCC(=O)OCC(C)(COC(=O)CCN(CC)CC)C(=O)OC. The molecule has 164 valence electrons. The minimum atomic E-state index is -1.23. The van der Waals surface area contributed by atoms with E-state index in [1.54, 1.807) is 6.92 Å². The zero-order valence-corrected chi connectivity index (χ0v) is 18.4. The highest BCUT2D eigenvalue weighted by Crippen LogP contribution is 2.20. The van der Waals surface area contributed by atoms with Crippen LogP contribution in [0.2, 0.25) is 0 Å². The molecule has 0 aliphatic heterocycles. The van der Waals surface area contributed by atoms with Crippen molar-refractivity contribution >= 4 is 17.9 Å². The van der Waals surface area contributed by atoms with E-state index >= 15 is 0 Å². The van der Waals surface area contributed by atoms with Crippen molar-refractivity contribution < 1.29 is 28.6 Å². The van der Waals surface area contributed by atoms with Crippen LogP contribution in [0.15, 0.2) is 0 Å². The molecule has 0 fully saturated rings. The van der Waals surface area contributed by atoms with Gasteiger partial charge in [-0.15, -0.1) is 0 Å². The second-order valence-electron chi connectivity index (χ2n) is 6.93. The molecule has 0 aromatic rings. The van der Waals surface area contributed by atoms with Crippen molar-refractivity contribution in [2.24, 2.45) is 5.41 Å². The van der Waals surface area contributed by atoms with Crippen molar-refractivity contribution in [3.63, 3.8) is 0 Å². The molecule has 0 bridgehead atoms. The van der Waals surface area contributed by atoms with Gasteiger partial charge in [0.15, 0.2) is 0 Å². The zero-order valence-electron chi connectivity index (χ0n) is 18.4. The van der Waals surface area contributed by atoms with Gasteiger partial charge >= 0.3 is 17.9 Å². The number of nitrogens with zero attached hydrogens (tertiary/aromatic N) is 2. The van der Waals surface area contributed by atoms with E-state index in [-0.39, 0.29) is 26.1 Å². The lowest BCUT2D eigenvalue weighted by Crippen LogP contribution is -2.40. The number of carbonyl (C=O) groups is 3. The number of carbonyl (C=O) groups excluding carboxylic acids is 3. The molecule has 0 spiro atoms. The van der Waals surface area contributed by atoms with Gasteiger partial charge in [0, 0.05) is 13.1 Å². The van der Waals surface area contributed by atoms with E-state index in [9.17, 15) is 14.4 Å². The summed E-state index contributed by atoms with van der Waals surface area (Å²) in [5, 5.41) is 0. The van der Waals surface area contributed by atoms with Crippen molar-refractivity contribution in [3.05, 3.63) is 0 Å². The van der Waals surface area contributed by atoms with Crippen LogP contribution in [0.4, 0.5) is 0 Å². The van der Waals surface area contributed by atoms with Gasteiger partial charge in [0.05, 0.1) is 20.0 Å². The van der Waals surface area contributed by atoms with Crippen LogP contribution >= 0.6 is 0 Å². The molecule has 0 saturated carbocycles. The van der Waals surface area contributed by atoms with Gasteiger partial charge in [-0.2, -0.15) is 0 Å². The molecule has 8 heteroatoms. The molecule has 0 rings (SSSR count). The van der Waals surface area contributed by atoms with E-state index in [1.165, 1.54) is 7.11 Å². The molecule has 0 aromatic heterocycles. The van der Waals surface area contributed by atoms with E-state index in [0.29, 0.717) is 13.1 Å². The molecule has 0 amide bonds. The smallest absolute Gasteiger partial charge is 0.318 e. The Balaban J connectivity index is 4.59. The van der Waals surface area contributed by atoms with E-state index in [0.717, 1.165) is 26.2 Å². The predicted octanol–water partition coefficient (Wildman–Crippen LogP) is 1.72. The second kappa shape index (κ2) is 14.3. The average molecular weight is 403 g/mol. The van der Waals surface area contributed by atoms with Crippen LogP contribution in [0.3, 0.4) is 0 Å². The van der Waals surface area contributed by atoms with Gasteiger partial charge in [-0.25, -0.2) is 0 Å². The maximum absolute atomic E-state index is 12.2. The summed E-state index contributed by atoms with van der Waals surface area (Å²) in [7, 11) is 1.25. The van der Waals surface area contributed by atoms with E-state index < -0.39 is 23.3 Å². The fraction of sp³-hybridized carbons (Fsp3) is 0.850. The Hall–Kier alpha value is -1.67. The topological polar surface area (TPSA) is 85.4 Å². The first-order valence-electron chi connectivity index (χ1n) is 10.1. The van der Waals surface area contributed by atoms with E-state index in [2.05, 4.69) is 9.80 Å². The van der Waals surface area contributed by atoms with Gasteiger partial charge in [0.25, 0.3) is 0 Å². The molecule has 0 radical (unpaired) electrons. The fourth-order valence-electron chi connectivity index (χ4n) is 2.61. The lowest BCUT2D eigenvalue weighted by Gasteiger charge is -2.26. The molecule has 0 aromatic carbocycles. The average Bonchev–Trinajstić information content (AvgIpc) is 2.71. The molecule has 8 nitrogen and oxygen atoms in total. The van der Waals surface area contributed by atoms with Gasteiger partial charge in [0.1, 0.15) is 18.6 Å².